The third kappa shape index (κ3) is 4.43. The number of alkyl halides is 2. The predicted molar refractivity (Wildman–Crippen MR) is 67.2 cm³/mol. The summed E-state index contributed by atoms with van der Waals surface area (Å²) in [5.74, 6) is -2.96. The molecule has 20 heavy (non-hydrogen) atoms. The number of carbonyl (C=O) groups is 1. The van der Waals surface area contributed by atoms with Gasteiger partial charge in [-0.25, -0.2) is 13.2 Å². The molecule has 3 nitrogen and oxygen atoms in total. The molecule has 2 rings (SSSR count). The summed E-state index contributed by atoms with van der Waals surface area (Å²) in [4.78, 5) is 11.6. The molecule has 0 aromatic heterocycles. The van der Waals surface area contributed by atoms with E-state index in [9.17, 15) is 18.0 Å². The molecule has 0 unspecified atom stereocenters. The molecule has 110 valence electrons. The number of hydrogen-bond acceptors (Lipinski definition) is 2. The summed E-state index contributed by atoms with van der Waals surface area (Å²) in [6.45, 7) is -0.210. The van der Waals surface area contributed by atoms with E-state index in [1.54, 1.807) is 0 Å². The highest BCUT2D eigenvalue weighted by Gasteiger charge is 2.35. The molecule has 1 saturated carbocycles. The van der Waals surface area contributed by atoms with E-state index in [0.29, 0.717) is 5.75 Å². The number of carbonyl (C=O) groups excluding carboxylic acids is 1. The van der Waals surface area contributed by atoms with Gasteiger partial charge in [0.2, 0.25) is 5.92 Å². The van der Waals surface area contributed by atoms with Gasteiger partial charge in [-0.1, -0.05) is 0 Å². The fourth-order valence-corrected chi connectivity index (χ4v) is 2.13. The second-order valence-electron chi connectivity index (χ2n) is 4.94. The summed E-state index contributed by atoms with van der Waals surface area (Å²) in [6, 6.07) is 5.08. The number of nitrogens with one attached hydrogen (secondary N) is 1. The number of rotatable bonds is 4. The molecule has 1 aliphatic rings. The molecule has 1 aromatic rings. The van der Waals surface area contributed by atoms with Crippen molar-refractivity contribution >= 4 is 5.91 Å². The van der Waals surface area contributed by atoms with Crippen LogP contribution in [-0.4, -0.2) is 24.5 Å². The highest BCUT2D eigenvalue weighted by molar-refractivity contribution is 5.77. The molecule has 1 amide bonds. The van der Waals surface area contributed by atoms with Crippen molar-refractivity contribution in [1.29, 1.82) is 0 Å². The smallest absolute Gasteiger partial charge is 0.258 e. The topological polar surface area (TPSA) is 38.3 Å². The van der Waals surface area contributed by atoms with Crippen LogP contribution in [0.3, 0.4) is 0 Å². The molecule has 0 saturated heterocycles. The lowest BCUT2D eigenvalue weighted by Crippen LogP contribution is -2.42. The van der Waals surface area contributed by atoms with Crippen molar-refractivity contribution in [3.8, 4) is 5.75 Å². The largest absolute Gasteiger partial charge is 0.484 e. The fourth-order valence-electron chi connectivity index (χ4n) is 2.13. The van der Waals surface area contributed by atoms with E-state index in [0.717, 1.165) is 0 Å². The summed E-state index contributed by atoms with van der Waals surface area (Å²) in [7, 11) is 0. The van der Waals surface area contributed by atoms with E-state index in [-0.39, 0.29) is 50.1 Å². The Morgan fingerprint density at radius 1 is 1.25 bits per heavy atom. The van der Waals surface area contributed by atoms with Crippen molar-refractivity contribution in [3.63, 3.8) is 0 Å². The van der Waals surface area contributed by atoms with Crippen LogP contribution in [-0.2, 0) is 4.79 Å². The highest BCUT2D eigenvalue weighted by atomic mass is 19.3. The van der Waals surface area contributed by atoms with Crippen molar-refractivity contribution in [3.05, 3.63) is 30.1 Å². The van der Waals surface area contributed by atoms with Gasteiger partial charge in [-0.3, -0.25) is 4.79 Å². The van der Waals surface area contributed by atoms with Gasteiger partial charge in [-0.05, 0) is 37.1 Å². The van der Waals surface area contributed by atoms with Gasteiger partial charge in [0, 0.05) is 18.9 Å². The SMILES string of the molecule is O=C(COc1ccc(F)cc1)NC1CCC(F)(F)CC1. The van der Waals surface area contributed by atoms with Gasteiger partial charge in [0.05, 0.1) is 0 Å². The Morgan fingerprint density at radius 2 is 1.85 bits per heavy atom. The summed E-state index contributed by atoms with van der Waals surface area (Å²) in [5, 5.41) is 2.67. The molecule has 0 spiro atoms. The van der Waals surface area contributed by atoms with Gasteiger partial charge >= 0.3 is 0 Å². The molecule has 1 aliphatic carbocycles. The Morgan fingerprint density at radius 3 is 2.45 bits per heavy atom. The van der Waals surface area contributed by atoms with Crippen LogP contribution in [0.1, 0.15) is 25.7 Å². The minimum atomic E-state index is -2.61. The predicted octanol–water partition coefficient (Wildman–Crippen LogP) is 2.90. The Labute approximate surface area is 115 Å². The highest BCUT2D eigenvalue weighted by Crippen LogP contribution is 2.32. The van der Waals surface area contributed by atoms with Crippen molar-refractivity contribution in [2.45, 2.75) is 37.6 Å². The zero-order valence-electron chi connectivity index (χ0n) is 10.9. The van der Waals surface area contributed by atoms with Gasteiger partial charge < -0.3 is 10.1 Å². The Kier molecular flexibility index (Phi) is 4.52. The maximum Gasteiger partial charge on any atom is 0.258 e. The van der Waals surface area contributed by atoms with Crippen LogP contribution >= 0.6 is 0 Å². The van der Waals surface area contributed by atoms with Gasteiger partial charge in [0.1, 0.15) is 11.6 Å². The van der Waals surface area contributed by atoms with E-state index >= 15 is 0 Å². The van der Waals surface area contributed by atoms with Gasteiger partial charge in [-0.2, -0.15) is 0 Å². The minimum absolute atomic E-state index is 0.198. The zero-order valence-corrected chi connectivity index (χ0v) is 10.9. The van der Waals surface area contributed by atoms with Crippen molar-refractivity contribution in [2.24, 2.45) is 0 Å². The zero-order chi connectivity index (χ0) is 14.6. The first-order valence-corrected chi connectivity index (χ1v) is 6.50. The normalized spacial score (nSPS) is 18.6. The number of ether oxygens (including phenoxy) is 1. The first kappa shape index (κ1) is 14.7. The molecule has 0 bridgehead atoms. The summed E-state index contributed by atoms with van der Waals surface area (Å²) >= 11 is 0. The Balaban J connectivity index is 1.72. The maximum atomic E-state index is 12.9. The third-order valence-electron chi connectivity index (χ3n) is 3.27. The van der Waals surface area contributed by atoms with Crippen LogP contribution in [0.4, 0.5) is 13.2 Å². The van der Waals surface area contributed by atoms with Crippen LogP contribution in [0.25, 0.3) is 0 Å². The van der Waals surface area contributed by atoms with E-state index < -0.39 is 5.92 Å². The summed E-state index contributed by atoms with van der Waals surface area (Å²) in [6.07, 6.45) is 0.151. The van der Waals surface area contributed by atoms with Crippen LogP contribution in [0.2, 0.25) is 0 Å². The van der Waals surface area contributed by atoms with Crippen molar-refractivity contribution in [2.75, 3.05) is 6.61 Å². The lowest BCUT2D eigenvalue weighted by molar-refractivity contribution is -0.124. The molecular formula is C14H16F3NO2. The quantitative estimate of drug-likeness (QED) is 0.924. The molecular weight excluding hydrogens is 271 g/mol. The van der Waals surface area contributed by atoms with Gasteiger partial charge in [-0.15, -0.1) is 0 Å². The van der Waals surface area contributed by atoms with E-state index in [1.807, 2.05) is 0 Å². The maximum absolute atomic E-state index is 12.9. The first-order valence-electron chi connectivity index (χ1n) is 6.50. The number of hydrogen-bond donors (Lipinski definition) is 1. The van der Waals surface area contributed by atoms with Gasteiger partial charge in [0.25, 0.3) is 5.91 Å². The number of halogens is 3. The lowest BCUT2D eigenvalue weighted by Gasteiger charge is -2.28. The third-order valence-corrected chi connectivity index (χ3v) is 3.27. The second kappa shape index (κ2) is 6.15. The molecule has 1 fully saturated rings. The molecule has 0 radical (unpaired) electrons. The van der Waals surface area contributed by atoms with Crippen molar-refractivity contribution < 1.29 is 22.7 Å². The molecule has 1 N–H and O–H groups in total. The first-order chi connectivity index (χ1) is 9.44. The Hall–Kier alpha value is -1.72. The molecule has 0 aliphatic heterocycles. The van der Waals surface area contributed by atoms with Crippen LogP contribution < -0.4 is 10.1 Å². The van der Waals surface area contributed by atoms with Gasteiger partial charge in [0.15, 0.2) is 6.61 Å². The average Bonchev–Trinajstić information content (AvgIpc) is 2.41. The lowest BCUT2D eigenvalue weighted by atomic mass is 9.92. The number of amides is 1. The van der Waals surface area contributed by atoms with E-state index in [4.69, 9.17) is 4.74 Å². The number of benzene rings is 1. The summed E-state index contributed by atoms with van der Waals surface area (Å²) in [5.41, 5.74) is 0. The van der Waals surface area contributed by atoms with E-state index in [2.05, 4.69) is 5.32 Å². The monoisotopic (exact) mass is 287 g/mol. The molecule has 0 atom stereocenters. The minimum Gasteiger partial charge on any atom is -0.484 e. The molecule has 0 heterocycles. The molecule has 1 aromatic carbocycles. The second-order valence-corrected chi connectivity index (χ2v) is 4.94. The van der Waals surface area contributed by atoms with Crippen LogP contribution in [0.5, 0.6) is 5.75 Å². The van der Waals surface area contributed by atoms with Crippen molar-refractivity contribution in [1.82, 2.24) is 5.32 Å². The molecule has 6 heteroatoms. The fraction of sp³-hybridized carbons (Fsp3) is 0.500. The summed E-state index contributed by atoms with van der Waals surface area (Å²) < 4.78 is 43.7. The van der Waals surface area contributed by atoms with E-state index in [1.165, 1.54) is 24.3 Å². The average molecular weight is 287 g/mol. The van der Waals surface area contributed by atoms with Crippen LogP contribution in [0, 0.1) is 5.82 Å². The standard InChI is InChI=1S/C14H16F3NO2/c15-10-1-3-12(4-2-10)20-9-13(19)18-11-5-7-14(16,17)8-6-11/h1-4,11H,5-9H2,(H,18,19). The Bertz CT molecular complexity index is 452. The van der Waals surface area contributed by atoms with Crippen LogP contribution in [0.15, 0.2) is 24.3 Å².